The summed E-state index contributed by atoms with van der Waals surface area (Å²) in [6.07, 6.45) is 19.2. The number of hydrogen-bond donors (Lipinski definition) is 1. The van der Waals surface area contributed by atoms with Gasteiger partial charge >= 0.3 is 5.97 Å². The highest BCUT2D eigenvalue weighted by atomic mass is 35.5. The number of nitrogens with zero attached hydrogens (tertiary/aromatic N) is 4. The number of pyridine rings is 2. The number of carbonyl (C=O) groups is 1. The van der Waals surface area contributed by atoms with E-state index in [0.29, 0.717) is 39.5 Å². The molecule has 0 radical (unpaired) electrons. The first kappa shape index (κ1) is 25.7. The van der Waals surface area contributed by atoms with Gasteiger partial charge in [-0.15, -0.1) is 0 Å². The summed E-state index contributed by atoms with van der Waals surface area (Å²) in [6, 6.07) is 3.86. The normalized spacial score (nSPS) is 24.4. The molecule has 4 aliphatic rings. The lowest BCUT2D eigenvalue weighted by atomic mass is 9.58. The van der Waals surface area contributed by atoms with Crippen LogP contribution in [0, 0.1) is 5.41 Å². The summed E-state index contributed by atoms with van der Waals surface area (Å²) in [7, 11) is 0. The molecule has 0 spiro atoms. The first-order valence-electron chi connectivity index (χ1n) is 13.7. The molecule has 0 unspecified atom stereocenters. The molecule has 206 valence electrons. The second kappa shape index (κ2) is 9.72. The monoisotopic (exact) mass is 578 g/mol. The Morgan fingerprint density at radius 2 is 1.85 bits per heavy atom. The van der Waals surface area contributed by atoms with Crippen molar-refractivity contribution in [1.29, 1.82) is 0 Å². The van der Waals surface area contributed by atoms with E-state index in [1.807, 2.05) is 12.1 Å². The molecule has 0 atom stereocenters. The Bertz CT molecular complexity index is 1610. The minimum Gasteiger partial charge on any atom is -0.477 e. The van der Waals surface area contributed by atoms with Crippen LogP contribution in [0.3, 0.4) is 0 Å². The number of carboxylic acid groups (broad SMARTS) is 1. The molecule has 0 saturated heterocycles. The van der Waals surface area contributed by atoms with Crippen LogP contribution in [-0.2, 0) is 11.3 Å². The van der Waals surface area contributed by atoms with Gasteiger partial charge in [0.1, 0.15) is 17.1 Å². The summed E-state index contributed by atoms with van der Waals surface area (Å²) in [5, 5.41) is 14.6. The number of allylic oxidation sites excluding steroid dienone is 1. The van der Waals surface area contributed by atoms with Crippen LogP contribution in [0.5, 0.6) is 0 Å². The Morgan fingerprint density at radius 3 is 2.52 bits per heavy atom. The minimum atomic E-state index is -0.987. The molecule has 4 saturated carbocycles. The van der Waals surface area contributed by atoms with Crippen molar-refractivity contribution in [2.24, 2.45) is 5.41 Å². The third-order valence-corrected chi connectivity index (χ3v) is 9.57. The zero-order valence-electron chi connectivity index (χ0n) is 21.8. The molecule has 4 aliphatic carbocycles. The maximum absolute atomic E-state index is 11.4. The summed E-state index contributed by atoms with van der Waals surface area (Å²) in [5.74, 6) is 0.284. The van der Waals surface area contributed by atoms with Gasteiger partial charge in [0.15, 0.2) is 5.69 Å². The van der Waals surface area contributed by atoms with Crippen molar-refractivity contribution in [2.45, 2.75) is 69.5 Å². The minimum absolute atomic E-state index is 0.151. The maximum atomic E-state index is 11.4. The van der Waals surface area contributed by atoms with Crippen LogP contribution in [0.25, 0.3) is 23.0 Å². The number of imidazole rings is 1. The average molecular weight is 579 g/mol. The number of halogens is 2. The van der Waals surface area contributed by atoms with Gasteiger partial charge in [-0.25, -0.2) is 9.78 Å². The van der Waals surface area contributed by atoms with Crippen LogP contribution in [0.1, 0.15) is 84.7 Å². The highest BCUT2D eigenvalue weighted by molar-refractivity contribution is 6.38. The number of fused-ring (bicyclic) bond motifs is 4. The van der Waals surface area contributed by atoms with Gasteiger partial charge in [0.05, 0.1) is 28.5 Å². The quantitative estimate of drug-likeness (QED) is 0.229. The van der Waals surface area contributed by atoms with Gasteiger partial charge in [-0.2, -0.15) is 0 Å². The van der Waals surface area contributed by atoms with Gasteiger partial charge in [-0.1, -0.05) is 40.5 Å². The molecule has 8 rings (SSSR count). The molecule has 10 heteroatoms. The SMILES string of the molecule is O=C(O)c1cnc2cc(/C=C/C34CCC(OCc5c(-c6c(Cl)cncc6Cl)noc5C5CC5)(CC3)CC4)ccn12. The lowest BCUT2D eigenvalue weighted by molar-refractivity contribution is -0.133. The summed E-state index contributed by atoms with van der Waals surface area (Å²) < 4.78 is 14.2. The zero-order chi connectivity index (χ0) is 27.5. The molecule has 40 heavy (non-hydrogen) atoms. The fourth-order valence-electron chi connectivity index (χ4n) is 6.37. The molecule has 0 aromatic carbocycles. The topological polar surface area (TPSA) is 103 Å². The number of ether oxygens (including phenoxy) is 1. The molecule has 4 aromatic rings. The van der Waals surface area contributed by atoms with Crippen LogP contribution in [-0.4, -0.2) is 36.2 Å². The van der Waals surface area contributed by atoms with Gasteiger partial charge in [0, 0.05) is 35.6 Å². The molecule has 2 bridgehead atoms. The van der Waals surface area contributed by atoms with Gasteiger partial charge < -0.3 is 14.4 Å². The van der Waals surface area contributed by atoms with E-state index in [2.05, 4.69) is 27.3 Å². The molecular weight excluding hydrogens is 551 g/mol. The largest absolute Gasteiger partial charge is 0.477 e. The fourth-order valence-corrected chi connectivity index (χ4v) is 6.91. The lowest BCUT2D eigenvalue weighted by Gasteiger charge is -2.52. The van der Waals surface area contributed by atoms with Crippen molar-refractivity contribution in [3.05, 3.63) is 75.6 Å². The number of aromatic nitrogens is 4. The third kappa shape index (κ3) is 4.52. The Balaban J connectivity index is 1.06. The van der Waals surface area contributed by atoms with E-state index in [1.165, 1.54) is 6.20 Å². The number of rotatable bonds is 8. The average Bonchev–Trinajstić information content (AvgIpc) is 3.58. The first-order valence-corrected chi connectivity index (χ1v) is 14.4. The highest BCUT2D eigenvalue weighted by Gasteiger charge is 2.48. The van der Waals surface area contributed by atoms with E-state index in [1.54, 1.807) is 23.0 Å². The van der Waals surface area contributed by atoms with Crippen LogP contribution < -0.4 is 0 Å². The molecular formula is C30H28Cl2N4O4. The smallest absolute Gasteiger partial charge is 0.354 e. The Labute approximate surface area is 241 Å². The molecule has 8 nitrogen and oxygen atoms in total. The van der Waals surface area contributed by atoms with Crippen molar-refractivity contribution in [1.82, 2.24) is 19.5 Å². The molecule has 4 heterocycles. The number of hydrogen-bond acceptors (Lipinski definition) is 6. The summed E-state index contributed by atoms with van der Waals surface area (Å²) in [5.41, 5.74) is 4.06. The van der Waals surface area contributed by atoms with Crippen LogP contribution in [0.2, 0.25) is 10.0 Å². The van der Waals surface area contributed by atoms with Crippen LogP contribution in [0.4, 0.5) is 0 Å². The fraction of sp³-hybridized carbons (Fsp3) is 0.400. The van der Waals surface area contributed by atoms with Crippen molar-refractivity contribution in [3.63, 3.8) is 0 Å². The van der Waals surface area contributed by atoms with Gasteiger partial charge in [-0.05, 0) is 74.5 Å². The van der Waals surface area contributed by atoms with E-state index < -0.39 is 5.97 Å². The molecule has 0 amide bonds. The van der Waals surface area contributed by atoms with E-state index in [0.717, 1.165) is 68.3 Å². The lowest BCUT2D eigenvalue weighted by Crippen LogP contribution is -2.46. The van der Waals surface area contributed by atoms with Crippen LogP contribution >= 0.6 is 23.2 Å². The Morgan fingerprint density at radius 1 is 1.12 bits per heavy atom. The van der Waals surface area contributed by atoms with E-state index in [4.69, 9.17) is 32.5 Å². The van der Waals surface area contributed by atoms with Gasteiger partial charge in [0.2, 0.25) is 0 Å². The van der Waals surface area contributed by atoms with Gasteiger partial charge in [-0.3, -0.25) is 9.38 Å². The van der Waals surface area contributed by atoms with E-state index >= 15 is 0 Å². The summed E-state index contributed by atoms with van der Waals surface area (Å²) >= 11 is 13.0. The van der Waals surface area contributed by atoms with Gasteiger partial charge in [0.25, 0.3) is 0 Å². The van der Waals surface area contributed by atoms with Crippen molar-refractivity contribution < 1.29 is 19.2 Å². The van der Waals surface area contributed by atoms with Crippen LogP contribution in [0.15, 0.2) is 47.5 Å². The van der Waals surface area contributed by atoms with Crippen molar-refractivity contribution >= 4 is 40.9 Å². The van der Waals surface area contributed by atoms with Crippen molar-refractivity contribution in [3.8, 4) is 11.3 Å². The standard InChI is InChI=1S/C30H28Cl2N4O4/c31-21-14-33-15-22(32)25(21)26-20(27(40-35-26)19-1-2-19)17-39-30-9-6-29(7-10-30,8-11-30)5-3-18-4-12-36-23(28(37)38)16-34-24(36)13-18/h3-5,12-16,19H,1-2,6-11,17H2,(H,37,38)/b5-3+. The van der Waals surface area contributed by atoms with Crippen molar-refractivity contribution in [2.75, 3.05) is 0 Å². The first-order chi connectivity index (χ1) is 19.4. The number of carboxylic acids is 1. The molecule has 1 N–H and O–H groups in total. The second-order valence-electron chi connectivity index (χ2n) is 11.4. The third-order valence-electron chi connectivity index (χ3n) is 9.00. The van der Waals surface area contributed by atoms with E-state index in [9.17, 15) is 9.90 Å². The van der Waals surface area contributed by atoms with E-state index in [-0.39, 0.29) is 16.7 Å². The second-order valence-corrected chi connectivity index (χ2v) is 12.2. The Kier molecular flexibility index (Phi) is 6.25. The summed E-state index contributed by atoms with van der Waals surface area (Å²) in [6.45, 7) is 0.422. The predicted octanol–water partition coefficient (Wildman–Crippen LogP) is 7.59. The summed E-state index contributed by atoms with van der Waals surface area (Å²) in [4.78, 5) is 19.7. The molecule has 4 aromatic heterocycles. The molecule has 0 aliphatic heterocycles. The Hall–Kier alpha value is -3.20. The molecule has 4 fully saturated rings. The maximum Gasteiger partial charge on any atom is 0.354 e. The predicted molar refractivity (Wildman–Crippen MR) is 151 cm³/mol. The zero-order valence-corrected chi connectivity index (χ0v) is 23.3. The highest BCUT2D eigenvalue weighted by Crippen LogP contribution is 2.55. The number of aromatic carboxylic acids is 1.